The minimum atomic E-state index is 0.0747. The van der Waals surface area contributed by atoms with Gasteiger partial charge in [0.2, 0.25) is 0 Å². The first-order chi connectivity index (χ1) is 10.5. The molecule has 0 saturated carbocycles. The Hall–Kier alpha value is -1.81. The topological polar surface area (TPSA) is 36.3 Å². The van der Waals surface area contributed by atoms with Crippen LogP contribution in [-0.4, -0.2) is 29.4 Å². The molecular weight excluding hydrogens is 276 g/mol. The summed E-state index contributed by atoms with van der Waals surface area (Å²) in [4.78, 5) is 4.00. The van der Waals surface area contributed by atoms with Gasteiger partial charge in [-0.15, -0.1) is 0 Å². The Bertz CT molecular complexity index is 571. The number of imidazole rings is 1. The summed E-state index contributed by atoms with van der Waals surface area (Å²) in [5.74, 6) is 0.964. The molecule has 22 heavy (non-hydrogen) atoms. The molecule has 0 aliphatic heterocycles. The zero-order valence-electron chi connectivity index (χ0n) is 14.0. The number of aryl methyl sites for hydroxylation is 1. The van der Waals surface area contributed by atoms with E-state index in [0.717, 1.165) is 12.3 Å². The van der Waals surface area contributed by atoms with Gasteiger partial charge in [-0.25, -0.2) is 4.98 Å². The molecule has 4 heteroatoms. The summed E-state index contributed by atoms with van der Waals surface area (Å²) in [6.45, 7) is 11.3. The van der Waals surface area contributed by atoms with Gasteiger partial charge in [-0.05, 0) is 29.5 Å². The smallest absolute Gasteiger partial charge is 0.123 e. The minimum absolute atomic E-state index is 0.0747. The van der Waals surface area contributed by atoms with Crippen molar-refractivity contribution in [1.82, 2.24) is 9.55 Å². The number of rotatable bonds is 7. The van der Waals surface area contributed by atoms with E-state index in [2.05, 4.69) is 50.9 Å². The van der Waals surface area contributed by atoms with Crippen LogP contribution in [0.3, 0.4) is 0 Å². The normalized spacial score (nSPS) is 11.6. The number of benzene rings is 1. The lowest BCUT2D eigenvalue weighted by molar-refractivity contribution is 0.0937. The van der Waals surface area contributed by atoms with Crippen molar-refractivity contribution < 1.29 is 9.47 Å². The number of hydrogen-bond donors (Lipinski definition) is 0. The van der Waals surface area contributed by atoms with Crippen molar-refractivity contribution in [3.8, 4) is 5.75 Å². The number of hydrogen-bond acceptors (Lipinski definition) is 3. The Labute approximate surface area is 133 Å². The van der Waals surface area contributed by atoms with Crippen LogP contribution in [0.1, 0.15) is 31.9 Å². The van der Waals surface area contributed by atoms with Gasteiger partial charge in [0.05, 0.1) is 19.5 Å². The molecule has 1 aromatic carbocycles. The van der Waals surface area contributed by atoms with E-state index >= 15 is 0 Å². The molecular formula is C18H26N2O2. The first-order valence-corrected chi connectivity index (χ1v) is 7.74. The third kappa shape index (κ3) is 4.88. The zero-order valence-corrected chi connectivity index (χ0v) is 14.0. The highest BCUT2D eigenvalue weighted by Gasteiger charge is 2.18. The summed E-state index contributed by atoms with van der Waals surface area (Å²) in [7, 11) is 0. The van der Waals surface area contributed by atoms with Gasteiger partial charge in [0.15, 0.2) is 0 Å². The molecule has 0 unspecified atom stereocenters. The molecule has 0 saturated heterocycles. The molecule has 0 amide bonds. The van der Waals surface area contributed by atoms with Gasteiger partial charge in [0, 0.05) is 18.9 Å². The highest BCUT2D eigenvalue weighted by Crippen LogP contribution is 2.31. The SMILES string of the molecule is Cc1ccc(C(C)(C)C)c(OCCOCCn2ccnc2)c1. The Morgan fingerprint density at radius 2 is 1.95 bits per heavy atom. The van der Waals surface area contributed by atoms with Crippen LogP contribution in [0.4, 0.5) is 0 Å². The second kappa shape index (κ2) is 7.45. The molecule has 0 radical (unpaired) electrons. The molecule has 0 aliphatic rings. The molecule has 0 bridgehead atoms. The zero-order chi connectivity index (χ0) is 16.0. The van der Waals surface area contributed by atoms with Gasteiger partial charge in [-0.2, -0.15) is 0 Å². The fourth-order valence-corrected chi connectivity index (χ4v) is 2.27. The third-order valence-corrected chi connectivity index (χ3v) is 3.48. The van der Waals surface area contributed by atoms with Crippen LogP contribution in [-0.2, 0) is 16.7 Å². The lowest BCUT2D eigenvalue weighted by Crippen LogP contribution is -2.16. The van der Waals surface area contributed by atoms with Crippen LogP contribution in [0.5, 0.6) is 5.75 Å². The van der Waals surface area contributed by atoms with Gasteiger partial charge in [0.1, 0.15) is 12.4 Å². The van der Waals surface area contributed by atoms with E-state index in [1.54, 1.807) is 12.5 Å². The van der Waals surface area contributed by atoms with E-state index in [-0.39, 0.29) is 5.41 Å². The molecule has 1 aromatic heterocycles. The molecule has 2 aromatic rings. The third-order valence-electron chi connectivity index (χ3n) is 3.48. The molecule has 0 fully saturated rings. The van der Waals surface area contributed by atoms with Crippen molar-refractivity contribution >= 4 is 0 Å². The second-order valence-electron chi connectivity index (χ2n) is 6.51. The van der Waals surface area contributed by atoms with E-state index in [1.165, 1.54) is 11.1 Å². The van der Waals surface area contributed by atoms with Gasteiger partial charge >= 0.3 is 0 Å². The lowest BCUT2D eigenvalue weighted by atomic mass is 9.86. The van der Waals surface area contributed by atoms with Crippen molar-refractivity contribution in [2.75, 3.05) is 19.8 Å². The highest BCUT2D eigenvalue weighted by molar-refractivity contribution is 5.41. The highest BCUT2D eigenvalue weighted by atomic mass is 16.5. The van der Waals surface area contributed by atoms with E-state index in [0.29, 0.717) is 19.8 Å². The average Bonchev–Trinajstić information content (AvgIpc) is 2.94. The molecule has 0 atom stereocenters. The van der Waals surface area contributed by atoms with Crippen molar-refractivity contribution in [2.24, 2.45) is 0 Å². The van der Waals surface area contributed by atoms with Crippen LogP contribution in [0.2, 0.25) is 0 Å². The predicted molar refractivity (Wildman–Crippen MR) is 88.4 cm³/mol. The maximum Gasteiger partial charge on any atom is 0.123 e. The maximum absolute atomic E-state index is 5.94. The number of ether oxygens (including phenoxy) is 2. The lowest BCUT2D eigenvalue weighted by Gasteiger charge is -2.23. The Balaban J connectivity index is 1.78. The minimum Gasteiger partial charge on any atom is -0.491 e. The van der Waals surface area contributed by atoms with Crippen LogP contribution >= 0.6 is 0 Å². The summed E-state index contributed by atoms with van der Waals surface area (Å²) in [6, 6.07) is 6.39. The van der Waals surface area contributed by atoms with Crippen LogP contribution < -0.4 is 4.74 Å². The number of aromatic nitrogens is 2. The summed E-state index contributed by atoms with van der Waals surface area (Å²) in [6.07, 6.45) is 5.50. The second-order valence-corrected chi connectivity index (χ2v) is 6.51. The first kappa shape index (κ1) is 16.6. The monoisotopic (exact) mass is 302 g/mol. The predicted octanol–water partition coefficient (Wildman–Crippen LogP) is 3.58. The van der Waals surface area contributed by atoms with Gasteiger partial charge in [-0.3, -0.25) is 0 Å². The molecule has 0 N–H and O–H groups in total. The molecule has 2 rings (SSSR count). The van der Waals surface area contributed by atoms with Crippen LogP contribution in [0.15, 0.2) is 36.9 Å². The Morgan fingerprint density at radius 3 is 2.64 bits per heavy atom. The van der Waals surface area contributed by atoms with E-state index in [1.807, 2.05) is 10.8 Å². The summed E-state index contributed by atoms with van der Waals surface area (Å²) < 4.78 is 13.5. The van der Waals surface area contributed by atoms with Crippen molar-refractivity contribution in [2.45, 2.75) is 39.7 Å². The maximum atomic E-state index is 5.94. The average molecular weight is 302 g/mol. The van der Waals surface area contributed by atoms with Crippen molar-refractivity contribution in [1.29, 1.82) is 0 Å². The summed E-state index contributed by atoms with van der Waals surface area (Å²) in [5.41, 5.74) is 2.52. The van der Waals surface area contributed by atoms with Gasteiger partial charge in [0.25, 0.3) is 0 Å². The van der Waals surface area contributed by atoms with Crippen LogP contribution in [0, 0.1) is 6.92 Å². The Kier molecular flexibility index (Phi) is 5.61. The first-order valence-electron chi connectivity index (χ1n) is 7.74. The quantitative estimate of drug-likeness (QED) is 0.733. The van der Waals surface area contributed by atoms with Crippen molar-refractivity contribution in [3.63, 3.8) is 0 Å². The fourth-order valence-electron chi connectivity index (χ4n) is 2.27. The molecule has 0 spiro atoms. The molecule has 120 valence electrons. The standard InChI is InChI=1S/C18H26N2O2/c1-15-5-6-16(18(2,3)4)17(13-15)22-12-11-21-10-9-20-8-7-19-14-20/h5-8,13-14H,9-12H2,1-4H3. The molecule has 1 heterocycles. The molecule has 4 nitrogen and oxygen atoms in total. The summed E-state index contributed by atoms with van der Waals surface area (Å²) in [5, 5.41) is 0. The van der Waals surface area contributed by atoms with E-state index in [4.69, 9.17) is 9.47 Å². The van der Waals surface area contributed by atoms with E-state index in [9.17, 15) is 0 Å². The van der Waals surface area contributed by atoms with Crippen LogP contribution in [0.25, 0.3) is 0 Å². The van der Waals surface area contributed by atoms with Gasteiger partial charge < -0.3 is 14.0 Å². The molecule has 0 aliphatic carbocycles. The van der Waals surface area contributed by atoms with E-state index < -0.39 is 0 Å². The largest absolute Gasteiger partial charge is 0.491 e. The Morgan fingerprint density at radius 1 is 1.14 bits per heavy atom. The summed E-state index contributed by atoms with van der Waals surface area (Å²) >= 11 is 0. The fraction of sp³-hybridized carbons (Fsp3) is 0.500. The number of nitrogens with zero attached hydrogens (tertiary/aromatic N) is 2. The van der Waals surface area contributed by atoms with Gasteiger partial charge in [-0.1, -0.05) is 32.9 Å². The van der Waals surface area contributed by atoms with Crippen molar-refractivity contribution in [3.05, 3.63) is 48.0 Å².